The number of amides is 1. The normalized spacial score (nSPS) is 39.4. The van der Waals surface area contributed by atoms with Crippen molar-refractivity contribution in [3.8, 4) is 0 Å². The molecule has 114 valence electrons. The summed E-state index contributed by atoms with van der Waals surface area (Å²) in [5, 5.41) is 9.68. The summed E-state index contributed by atoms with van der Waals surface area (Å²) in [6.45, 7) is 3.49. The largest absolute Gasteiger partial charge is 0.393 e. The number of hydrogen-bond acceptors (Lipinski definition) is 2. The van der Waals surface area contributed by atoms with E-state index in [4.69, 9.17) is 0 Å². The first kappa shape index (κ1) is 14.4. The molecular weight excluding hydrogens is 250 g/mol. The highest BCUT2D eigenvalue weighted by Crippen LogP contribution is 2.43. The molecule has 0 bridgehead atoms. The fraction of sp³-hybridized carbons (Fsp3) is 0.941. The third-order valence-electron chi connectivity index (χ3n) is 6.11. The molecule has 1 saturated heterocycles. The van der Waals surface area contributed by atoms with Crippen LogP contribution < -0.4 is 0 Å². The Bertz CT molecular complexity index is 355. The second-order valence-electron chi connectivity index (χ2n) is 7.39. The zero-order valence-corrected chi connectivity index (χ0v) is 12.8. The van der Waals surface area contributed by atoms with Crippen LogP contribution in [0.2, 0.25) is 0 Å². The van der Waals surface area contributed by atoms with Gasteiger partial charge in [0.25, 0.3) is 0 Å². The summed E-state index contributed by atoms with van der Waals surface area (Å²) in [6.07, 6.45) is 9.75. The molecular formula is C17H29NO2. The fourth-order valence-electron chi connectivity index (χ4n) is 4.74. The predicted molar refractivity (Wildman–Crippen MR) is 79.2 cm³/mol. The lowest BCUT2D eigenvalue weighted by molar-refractivity contribution is -0.137. The summed E-state index contributed by atoms with van der Waals surface area (Å²) in [7, 11) is 0. The summed E-state index contributed by atoms with van der Waals surface area (Å²) in [5.74, 6) is 2.70. The molecule has 3 aliphatic rings. The lowest BCUT2D eigenvalue weighted by Crippen LogP contribution is -2.39. The van der Waals surface area contributed by atoms with Gasteiger partial charge in [-0.2, -0.15) is 0 Å². The van der Waals surface area contributed by atoms with Crippen LogP contribution in [0.4, 0.5) is 0 Å². The second kappa shape index (κ2) is 6.05. The first-order chi connectivity index (χ1) is 9.65. The highest BCUT2D eigenvalue weighted by Gasteiger charge is 2.38. The monoisotopic (exact) mass is 279 g/mol. The van der Waals surface area contributed by atoms with Gasteiger partial charge in [-0.1, -0.05) is 25.7 Å². The molecule has 0 spiro atoms. The van der Waals surface area contributed by atoms with E-state index in [1.807, 2.05) is 11.8 Å². The van der Waals surface area contributed by atoms with E-state index in [0.29, 0.717) is 11.8 Å². The van der Waals surface area contributed by atoms with Gasteiger partial charge in [0.1, 0.15) is 0 Å². The van der Waals surface area contributed by atoms with Crippen molar-refractivity contribution in [1.82, 2.24) is 4.90 Å². The zero-order chi connectivity index (χ0) is 14.1. The SMILES string of the molecule is CC(O)C1CCN(C(=O)C2CCC3CCCCC3C2)C1. The highest BCUT2D eigenvalue weighted by molar-refractivity contribution is 5.79. The standard InChI is InChI=1S/C17H29NO2/c1-12(19)16-8-9-18(11-16)17(20)15-7-6-13-4-2-3-5-14(13)10-15/h12-16,19H,2-11H2,1H3. The van der Waals surface area contributed by atoms with Crippen LogP contribution in [0.5, 0.6) is 0 Å². The van der Waals surface area contributed by atoms with Crippen molar-refractivity contribution in [2.24, 2.45) is 23.7 Å². The van der Waals surface area contributed by atoms with Crippen LogP contribution in [0.3, 0.4) is 0 Å². The van der Waals surface area contributed by atoms with Crippen LogP contribution in [0.1, 0.15) is 58.3 Å². The van der Waals surface area contributed by atoms with E-state index in [2.05, 4.69) is 0 Å². The maximum atomic E-state index is 12.7. The van der Waals surface area contributed by atoms with Gasteiger partial charge in [-0.05, 0) is 44.4 Å². The van der Waals surface area contributed by atoms with E-state index < -0.39 is 0 Å². The summed E-state index contributed by atoms with van der Waals surface area (Å²) in [6, 6.07) is 0. The lowest BCUT2D eigenvalue weighted by Gasteiger charge is -2.39. The number of fused-ring (bicyclic) bond motifs is 1. The Morgan fingerprint density at radius 2 is 1.85 bits per heavy atom. The van der Waals surface area contributed by atoms with Crippen molar-refractivity contribution in [2.75, 3.05) is 13.1 Å². The van der Waals surface area contributed by atoms with Gasteiger partial charge in [-0.25, -0.2) is 0 Å². The number of aliphatic hydroxyl groups is 1. The van der Waals surface area contributed by atoms with Gasteiger partial charge < -0.3 is 10.0 Å². The molecule has 1 aliphatic heterocycles. The van der Waals surface area contributed by atoms with Gasteiger partial charge in [0.2, 0.25) is 5.91 Å². The summed E-state index contributed by atoms with van der Waals surface area (Å²) >= 11 is 0. The minimum Gasteiger partial charge on any atom is -0.393 e. The minimum atomic E-state index is -0.276. The van der Waals surface area contributed by atoms with Crippen LogP contribution in [0, 0.1) is 23.7 Å². The Balaban J connectivity index is 1.55. The van der Waals surface area contributed by atoms with Gasteiger partial charge in [-0.3, -0.25) is 4.79 Å². The molecule has 1 amide bonds. The van der Waals surface area contributed by atoms with Crippen molar-refractivity contribution in [1.29, 1.82) is 0 Å². The number of rotatable bonds is 2. The molecule has 20 heavy (non-hydrogen) atoms. The van der Waals surface area contributed by atoms with Crippen molar-refractivity contribution < 1.29 is 9.90 Å². The predicted octanol–water partition coefficient (Wildman–Crippen LogP) is 2.82. The average molecular weight is 279 g/mol. The zero-order valence-electron chi connectivity index (χ0n) is 12.8. The first-order valence-electron chi connectivity index (χ1n) is 8.62. The van der Waals surface area contributed by atoms with Crippen molar-refractivity contribution in [2.45, 2.75) is 64.4 Å². The molecule has 1 heterocycles. The van der Waals surface area contributed by atoms with Crippen LogP contribution in [0.25, 0.3) is 0 Å². The van der Waals surface area contributed by atoms with E-state index in [1.54, 1.807) is 0 Å². The molecule has 0 radical (unpaired) electrons. The summed E-state index contributed by atoms with van der Waals surface area (Å²) < 4.78 is 0. The summed E-state index contributed by atoms with van der Waals surface area (Å²) in [5.41, 5.74) is 0. The number of carbonyl (C=O) groups is 1. The molecule has 0 aromatic rings. The molecule has 1 N–H and O–H groups in total. The molecule has 5 unspecified atom stereocenters. The molecule has 3 rings (SSSR count). The summed E-state index contributed by atoms with van der Waals surface area (Å²) in [4.78, 5) is 14.7. The molecule has 5 atom stereocenters. The molecule has 3 fully saturated rings. The molecule has 2 saturated carbocycles. The topological polar surface area (TPSA) is 40.5 Å². The van der Waals surface area contributed by atoms with Gasteiger partial charge in [0.05, 0.1) is 6.10 Å². The average Bonchev–Trinajstić information content (AvgIpc) is 2.96. The second-order valence-corrected chi connectivity index (χ2v) is 7.39. The van der Waals surface area contributed by atoms with E-state index >= 15 is 0 Å². The number of hydrogen-bond donors (Lipinski definition) is 1. The maximum absolute atomic E-state index is 12.7. The molecule has 3 nitrogen and oxygen atoms in total. The van der Waals surface area contributed by atoms with Gasteiger partial charge in [0.15, 0.2) is 0 Å². The third kappa shape index (κ3) is 2.88. The lowest BCUT2D eigenvalue weighted by atomic mass is 9.67. The Morgan fingerprint density at radius 3 is 2.55 bits per heavy atom. The van der Waals surface area contributed by atoms with E-state index in [1.165, 1.54) is 32.1 Å². The van der Waals surface area contributed by atoms with E-state index in [0.717, 1.165) is 44.2 Å². The first-order valence-corrected chi connectivity index (χ1v) is 8.62. The third-order valence-corrected chi connectivity index (χ3v) is 6.11. The number of likely N-dealkylation sites (tertiary alicyclic amines) is 1. The quantitative estimate of drug-likeness (QED) is 0.844. The highest BCUT2D eigenvalue weighted by atomic mass is 16.3. The van der Waals surface area contributed by atoms with E-state index in [-0.39, 0.29) is 12.0 Å². The number of carbonyl (C=O) groups excluding carboxylic acids is 1. The number of aliphatic hydroxyl groups excluding tert-OH is 1. The van der Waals surface area contributed by atoms with Crippen molar-refractivity contribution >= 4 is 5.91 Å². The Hall–Kier alpha value is -0.570. The van der Waals surface area contributed by atoms with Crippen LogP contribution in [0.15, 0.2) is 0 Å². The molecule has 2 aliphatic carbocycles. The molecule has 0 aromatic carbocycles. The number of nitrogens with zero attached hydrogens (tertiary/aromatic N) is 1. The van der Waals surface area contributed by atoms with Gasteiger partial charge in [-0.15, -0.1) is 0 Å². The van der Waals surface area contributed by atoms with Crippen LogP contribution in [-0.4, -0.2) is 35.1 Å². The molecule has 3 heteroatoms. The minimum absolute atomic E-state index is 0.276. The van der Waals surface area contributed by atoms with Gasteiger partial charge >= 0.3 is 0 Å². The smallest absolute Gasteiger partial charge is 0.225 e. The Labute approximate surface area is 122 Å². The Kier molecular flexibility index (Phi) is 4.34. The maximum Gasteiger partial charge on any atom is 0.225 e. The fourth-order valence-corrected chi connectivity index (χ4v) is 4.74. The Morgan fingerprint density at radius 1 is 1.10 bits per heavy atom. The van der Waals surface area contributed by atoms with Crippen LogP contribution >= 0.6 is 0 Å². The van der Waals surface area contributed by atoms with Crippen LogP contribution in [-0.2, 0) is 4.79 Å². The van der Waals surface area contributed by atoms with Crippen molar-refractivity contribution in [3.63, 3.8) is 0 Å². The van der Waals surface area contributed by atoms with Gasteiger partial charge in [0, 0.05) is 24.9 Å². The van der Waals surface area contributed by atoms with E-state index in [9.17, 15) is 9.90 Å². The molecule has 0 aromatic heterocycles. The van der Waals surface area contributed by atoms with Crippen molar-refractivity contribution in [3.05, 3.63) is 0 Å².